The standard InChI is InChI=1S/C20H25N3O4/c1-23(2,3)14-16(13-19(24)25)22-20(26)21-15-9-11-18(12-10-15)27-17-7-5-4-6-8-17/h4-12,16H,13-14H2,1-3H3,(H2-,21,22,24,25,26). The van der Waals surface area contributed by atoms with Gasteiger partial charge in [-0.1, -0.05) is 18.2 Å². The molecule has 2 rings (SSSR count). The fourth-order valence-electron chi connectivity index (χ4n) is 2.61. The quantitative estimate of drug-likeness (QED) is 0.693. The van der Waals surface area contributed by atoms with Crippen molar-refractivity contribution in [2.75, 3.05) is 33.0 Å². The van der Waals surface area contributed by atoms with Crippen LogP contribution in [-0.4, -0.2) is 50.2 Å². The Hall–Kier alpha value is -3.06. The van der Waals surface area contributed by atoms with Crippen LogP contribution in [0.3, 0.4) is 0 Å². The van der Waals surface area contributed by atoms with Gasteiger partial charge in [0.15, 0.2) is 0 Å². The molecule has 27 heavy (non-hydrogen) atoms. The molecule has 144 valence electrons. The van der Waals surface area contributed by atoms with Crippen LogP contribution in [0.25, 0.3) is 0 Å². The Morgan fingerprint density at radius 3 is 2.15 bits per heavy atom. The monoisotopic (exact) mass is 371 g/mol. The molecule has 0 spiro atoms. The second-order valence-corrected chi connectivity index (χ2v) is 7.28. The van der Waals surface area contributed by atoms with Crippen LogP contribution >= 0.6 is 0 Å². The lowest BCUT2D eigenvalue weighted by Crippen LogP contribution is -2.51. The molecular weight excluding hydrogens is 346 g/mol. The van der Waals surface area contributed by atoms with Crippen molar-refractivity contribution in [2.24, 2.45) is 0 Å². The number of amides is 2. The minimum Gasteiger partial charge on any atom is -0.550 e. The summed E-state index contributed by atoms with van der Waals surface area (Å²) in [6, 6.07) is 15.3. The van der Waals surface area contributed by atoms with Crippen molar-refractivity contribution in [3.63, 3.8) is 0 Å². The number of rotatable bonds is 8. The first kappa shape index (κ1) is 20.3. The normalized spacial score (nSPS) is 12.1. The van der Waals surface area contributed by atoms with Gasteiger partial charge in [-0.05, 0) is 36.4 Å². The molecule has 0 aromatic heterocycles. The first-order valence-electron chi connectivity index (χ1n) is 8.62. The molecule has 0 saturated carbocycles. The minimum absolute atomic E-state index is 0.243. The smallest absolute Gasteiger partial charge is 0.319 e. The van der Waals surface area contributed by atoms with Crippen molar-refractivity contribution < 1.29 is 23.9 Å². The highest BCUT2D eigenvalue weighted by atomic mass is 16.5. The zero-order chi connectivity index (χ0) is 19.9. The average molecular weight is 371 g/mol. The van der Waals surface area contributed by atoms with Crippen molar-refractivity contribution in [3.8, 4) is 11.5 Å². The molecule has 0 saturated heterocycles. The summed E-state index contributed by atoms with van der Waals surface area (Å²) in [6.45, 7) is 0.464. The van der Waals surface area contributed by atoms with E-state index in [0.717, 1.165) is 5.75 Å². The molecule has 2 amide bonds. The summed E-state index contributed by atoms with van der Waals surface area (Å²) in [5.41, 5.74) is 0.574. The second kappa shape index (κ2) is 9.05. The molecule has 0 aliphatic heterocycles. The van der Waals surface area contributed by atoms with Crippen LogP contribution in [0.1, 0.15) is 6.42 Å². The third kappa shape index (κ3) is 7.79. The number of nitrogens with one attached hydrogen (secondary N) is 2. The van der Waals surface area contributed by atoms with Gasteiger partial charge in [-0.3, -0.25) is 0 Å². The van der Waals surface area contributed by atoms with E-state index in [-0.39, 0.29) is 6.42 Å². The van der Waals surface area contributed by atoms with E-state index in [1.807, 2.05) is 51.5 Å². The van der Waals surface area contributed by atoms with Crippen LogP contribution < -0.4 is 20.5 Å². The molecule has 0 heterocycles. The topological polar surface area (TPSA) is 90.5 Å². The number of carboxylic acids is 1. The Kier molecular flexibility index (Phi) is 6.79. The van der Waals surface area contributed by atoms with Gasteiger partial charge in [0.1, 0.15) is 11.5 Å². The van der Waals surface area contributed by atoms with Crippen LogP contribution in [0.5, 0.6) is 11.5 Å². The lowest BCUT2D eigenvalue weighted by atomic mass is 10.2. The Morgan fingerprint density at radius 1 is 1.00 bits per heavy atom. The lowest BCUT2D eigenvalue weighted by Gasteiger charge is -2.30. The predicted octanol–water partition coefficient (Wildman–Crippen LogP) is 1.82. The number of urea groups is 1. The number of likely N-dealkylation sites (N-methyl/N-ethyl adjacent to an activating group) is 1. The first-order chi connectivity index (χ1) is 12.7. The van der Waals surface area contributed by atoms with Crippen LogP contribution in [0.2, 0.25) is 0 Å². The number of hydrogen-bond donors (Lipinski definition) is 2. The zero-order valence-electron chi connectivity index (χ0n) is 15.8. The molecule has 2 aromatic carbocycles. The highest BCUT2D eigenvalue weighted by Crippen LogP contribution is 2.22. The van der Waals surface area contributed by atoms with Gasteiger partial charge in [0, 0.05) is 18.1 Å². The number of aliphatic carboxylic acids is 1. The number of ether oxygens (including phenoxy) is 1. The Labute approximate surface area is 159 Å². The van der Waals surface area contributed by atoms with E-state index in [9.17, 15) is 14.7 Å². The van der Waals surface area contributed by atoms with Crippen molar-refractivity contribution in [1.82, 2.24) is 5.32 Å². The third-order valence-electron chi connectivity index (χ3n) is 3.61. The van der Waals surface area contributed by atoms with Crippen LogP contribution in [-0.2, 0) is 4.79 Å². The number of carbonyl (C=O) groups excluding carboxylic acids is 2. The van der Waals surface area contributed by atoms with Gasteiger partial charge in [-0.15, -0.1) is 0 Å². The van der Waals surface area contributed by atoms with Gasteiger partial charge in [0.25, 0.3) is 0 Å². The number of quaternary nitrogens is 1. The molecule has 7 heteroatoms. The maximum atomic E-state index is 12.2. The van der Waals surface area contributed by atoms with Crippen molar-refractivity contribution in [3.05, 3.63) is 54.6 Å². The number of carboxylic acid groups (broad SMARTS) is 1. The fourth-order valence-corrected chi connectivity index (χ4v) is 2.61. The highest BCUT2D eigenvalue weighted by molar-refractivity contribution is 5.89. The molecule has 2 N–H and O–H groups in total. The number of anilines is 1. The SMILES string of the molecule is C[N+](C)(C)CC(CC(=O)[O-])NC(=O)Nc1ccc(Oc2ccccc2)cc1. The molecule has 0 aliphatic rings. The summed E-state index contributed by atoms with van der Waals surface area (Å²) in [5, 5.41) is 16.3. The summed E-state index contributed by atoms with van der Waals surface area (Å²) in [6.07, 6.45) is -0.243. The summed E-state index contributed by atoms with van der Waals surface area (Å²) < 4.78 is 6.22. The van der Waals surface area contributed by atoms with E-state index in [1.54, 1.807) is 24.3 Å². The van der Waals surface area contributed by atoms with Crippen LogP contribution in [0, 0.1) is 0 Å². The van der Waals surface area contributed by atoms with Gasteiger partial charge < -0.3 is 29.8 Å². The zero-order valence-corrected chi connectivity index (χ0v) is 15.8. The molecule has 0 bridgehead atoms. The number of nitrogens with zero attached hydrogens (tertiary/aromatic N) is 1. The summed E-state index contributed by atoms with van der Waals surface area (Å²) in [4.78, 5) is 23.1. The van der Waals surface area contributed by atoms with Gasteiger partial charge in [0.2, 0.25) is 0 Å². The van der Waals surface area contributed by atoms with Crippen molar-refractivity contribution >= 4 is 17.7 Å². The Balaban J connectivity index is 1.92. The lowest BCUT2D eigenvalue weighted by molar-refractivity contribution is -0.871. The van der Waals surface area contributed by atoms with Crippen LogP contribution in [0.4, 0.5) is 10.5 Å². The van der Waals surface area contributed by atoms with E-state index in [4.69, 9.17) is 4.74 Å². The van der Waals surface area contributed by atoms with Gasteiger partial charge in [-0.25, -0.2) is 4.79 Å². The Bertz CT molecular complexity index is 755. The van der Waals surface area contributed by atoms with Gasteiger partial charge in [0.05, 0.1) is 33.7 Å². The molecule has 2 aromatic rings. The summed E-state index contributed by atoms with van der Waals surface area (Å²) in [7, 11) is 5.77. The van der Waals surface area contributed by atoms with Gasteiger partial charge >= 0.3 is 6.03 Å². The first-order valence-corrected chi connectivity index (χ1v) is 8.62. The molecule has 7 nitrogen and oxygen atoms in total. The maximum Gasteiger partial charge on any atom is 0.319 e. The molecule has 0 aliphatic carbocycles. The number of benzene rings is 2. The van der Waals surface area contributed by atoms with Crippen molar-refractivity contribution in [2.45, 2.75) is 12.5 Å². The molecule has 1 atom stereocenters. The van der Waals surface area contributed by atoms with E-state index >= 15 is 0 Å². The van der Waals surface area contributed by atoms with Crippen molar-refractivity contribution in [1.29, 1.82) is 0 Å². The molecule has 0 fully saturated rings. The number of hydrogen-bond acceptors (Lipinski definition) is 4. The average Bonchev–Trinajstić information content (AvgIpc) is 2.55. The highest BCUT2D eigenvalue weighted by Gasteiger charge is 2.20. The number of para-hydroxylation sites is 1. The van der Waals surface area contributed by atoms with E-state index in [2.05, 4.69) is 10.6 Å². The summed E-state index contributed by atoms with van der Waals surface area (Å²) >= 11 is 0. The Morgan fingerprint density at radius 2 is 1.59 bits per heavy atom. The fraction of sp³-hybridized carbons (Fsp3) is 0.300. The third-order valence-corrected chi connectivity index (χ3v) is 3.61. The predicted molar refractivity (Wildman–Crippen MR) is 101 cm³/mol. The van der Waals surface area contributed by atoms with E-state index in [0.29, 0.717) is 22.5 Å². The second-order valence-electron chi connectivity index (χ2n) is 7.28. The van der Waals surface area contributed by atoms with Gasteiger partial charge in [-0.2, -0.15) is 0 Å². The maximum absolute atomic E-state index is 12.2. The van der Waals surface area contributed by atoms with E-state index < -0.39 is 18.0 Å². The minimum atomic E-state index is -1.20. The summed E-state index contributed by atoms with van der Waals surface area (Å²) in [5.74, 6) is 0.171. The van der Waals surface area contributed by atoms with E-state index in [1.165, 1.54) is 0 Å². The van der Waals surface area contributed by atoms with Crippen LogP contribution in [0.15, 0.2) is 54.6 Å². The largest absolute Gasteiger partial charge is 0.550 e. The molecule has 1 unspecified atom stereocenters. The molecule has 0 radical (unpaired) electrons. The number of carbonyl (C=O) groups is 2. The molecular formula is C20H25N3O4.